The molecule has 0 bridgehead atoms. The highest BCUT2D eigenvalue weighted by molar-refractivity contribution is 5.70. The second-order valence-electron chi connectivity index (χ2n) is 14.2. The standard InChI is InChI=1S/C41H73NO7/c1-6-8-10-12-14-16-17-18-19-20-21-22-24-25-27-29-31-39(43)48-36-37(35-47-34-33-38(41(45)46)42(3,4)5)49-40(44)32-30-28-26-23-15-13-11-9-7-2/h19-23,26,37-38H,6-18,24-25,27-36H2,1-5H3/b20-19+,22-21+,26-23+. The van der Waals surface area contributed by atoms with Crippen molar-refractivity contribution in [3.8, 4) is 0 Å². The predicted octanol–water partition coefficient (Wildman–Crippen LogP) is 8.57. The Balaban J connectivity index is 4.44. The minimum absolute atomic E-state index is 0.0213. The molecular formula is C41H73NO7. The highest BCUT2D eigenvalue weighted by Gasteiger charge is 2.25. The number of allylic oxidation sites excluding steroid dienone is 6. The first-order valence-corrected chi connectivity index (χ1v) is 19.5. The van der Waals surface area contributed by atoms with E-state index in [4.69, 9.17) is 14.2 Å². The number of hydrogen-bond donors (Lipinski definition) is 0. The van der Waals surface area contributed by atoms with Gasteiger partial charge in [0.25, 0.3) is 0 Å². The van der Waals surface area contributed by atoms with Gasteiger partial charge in [-0.1, -0.05) is 115 Å². The Kier molecular flexibility index (Phi) is 31.1. The zero-order valence-electron chi connectivity index (χ0n) is 32.1. The second-order valence-corrected chi connectivity index (χ2v) is 14.2. The Morgan fingerprint density at radius 1 is 0.612 bits per heavy atom. The molecule has 0 aliphatic carbocycles. The fraction of sp³-hybridized carbons (Fsp3) is 0.780. The Morgan fingerprint density at radius 2 is 1.10 bits per heavy atom. The normalized spacial score (nSPS) is 13.4. The van der Waals surface area contributed by atoms with Crippen molar-refractivity contribution < 1.29 is 38.2 Å². The van der Waals surface area contributed by atoms with Crippen LogP contribution in [-0.4, -0.2) is 75.5 Å². The monoisotopic (exact) mass is 692 g/mol. The summed E-state index contributed by atoms with van der Waals surface area (Å²) < 4.78 is 17.0. The van der Waals surface area contributed by atoms with Gasteiger partial charge in [0, 0.05) is 19.3 Å². The van der Waals surface area contributed by atoms with Gasteiger partial charge in [-0.2, -0.15) is 0 Å². The lowest BCUT2D eigenvalue weighted by Gasteiger charge is -2.34. The van der Waals surface area contributed by atoms with Crippen LogP contribution >= 0.6 is 0 Å². The molecule has 0 saturated heterocycles. The Morgan fingerprint density at radius 3 is 1.67 bits per heavy atom. The number of quaternary nitrogens is 1. The van der Waals surface area contributed by atoms with Crippen molar-refractivity contribution in [1.29, 1.82) is 0 Å². The molecule has 0 N–H and O–H groups in total. The van der Waals surface area contributed by atoms with Crippen LogP contribution in [0.4, 0.5) is 0 Å². The lowest BCUT2D eigenvalue weighted by Crippen LogP contribution is -2.55. The molecule has 284 valence electrons. The number of aliphatic carboxylic acids is 1. The number of likely N-dealkylation sites (N-methyl/N-ethyl adjacent to an activating group) is 1. The van der Waals surface area contributed by atoms with Gasteiger partial charge in [0.1, 0.15) is 12.6 Å². The molecule has 0 radical (unpaired) electrons. The Labute approximate surface area is 300 Å². The van der Waals surface area contributed by atoms with Crippen molar-refractivity contribution >= 4 is 17.9 Å². The number of esters is 2. The van der Waals surface area contributed by atoms with Crippen LogP contribution in [0.3, 0.4) is 0 Å². The molecule has 8 heteroatoms. The van der Waals surface area contributed by atoms with Crippen molar-refractivity contribution in [2.75, 3.05) is 41.0 Å². The molecule has 8 nitrogen and oxygen atoms in total. The van der Waals surface area contributed by atoms with Gasteiger partial charge in [-0.25, -0.2) is 0 Å². The number of nitrogens with zero attached hydrogens (tertiary/aromatic N) is 1. The highest BCUT2D eigenvalue weighted by atomic mass is 16.6. The zero-order valence-corrected chi connectivity index (χ0v) is 32.1. The summed E-state index contributed by atoms with van der Waals surface area (Å²) in [6, 6.07) is -0.731. The lowest BCUT2D eigenvalue weighted by molar-refractivity contribution is -0.889. The van der Waals surface area contributed by atoms with Crippen LogP contribution in [0, 0.1) is 0 Å². The second kappa shape index (κ2) is 32.7. The summed E-state index contributed by atoms with van der Waals surface area (Å²) in [6.07, 6.45) is 34.7. The van der Waals surface area contributed by atoms with Crippen LogP contribution in [0.25, 0.3) is 0 Å². The number of unbranched alkanes of at least 4 members (excludes halogenated alkanes) is 15. The summed E-state index contributed by atoms with van der Waals surface area (Å²) in [5, 5.41) is 11.6. The summed E-state index contributed by atoms with van der Waals surface area (Å²) in [6.45, 7) is 4.54. The predicted molar refractivity (Wildman–Crippen MR) is 199 cm³/mol. The summed E-state index contributed by atoms with van der Waals surface area (Å²) in [4.78, 5) is 36.6. The van der Waals surface area contributed by atoms with Gasteiger partial charge in [-0.05, 0) is 57.8 Å². The number of rotatable bonds is 34. The summed E-state index contributed by atoms with van der Waals surface area (Å²) in [7, 11) is 5.37. The van der Waals surface area contributed by atoms with Crippen molar-refractivity contribution in [3.63, 3.8) is 0 Å². The van der Waals surface area contributed by atoms with Crippen LogP contribution in [0.5, 0.6) is 0 Å². The molecule has 0 aliphatic heterocycles. The summed E-state index contributed by atoms with van der Waals surface area (Å²) in [5.74, 6) is -1.82. The van der Waals surface area contributed by atoms with E-state index in [1.54, 1.807) is 21.1 Å². The maximum Gasteiger partial charge on any atom is 0.306 e. The van der Waals surface area contributed by atoms with Gasteiger partial charge in [-0.15, -0.1) is 0 Å². The molecule has 0 rings (SSSR count). The van der Waals surface area contributed by atoms with Crippen molar-refractivity contribution in [2.24, 2.45) is 0 Å². The molecule has 0 amide bonds. The summed E-state index contributed by atoms with van der Waals surface area (Å²) >= 11 is 0. The van der Waals surface area contributed by atoms with Crippen molar-refractivity contribution in [2.45, 2.75) is 167 Å². The van der Waals surface area contributed by atoms with Gasteiger partial charge in [-0.3, -0.25) is 9.59 Å². The van der Waals surface area contributed by atoms with Gasteiger partial charge in [0.2, 0.25) is 0 Å². The van der Waals surface area contributed by atoms with E-state index in [9.17, 15) is 19.5 Å². The van der Waals surface area contributed by atoms with E-state index in [0.29, 0.717) is 12.8 Å². The smallest absolute Gasteiger partial charge is 0.306 e. The molecule has 49 heavy (non-hydrogen) atoms. The van der Waals surface area contributed by atoms with E-state index in [0.717, 1.165) is 44.9 Å². The third-order valence-corrected chi connectivity index (χ3v) is 8.53. The molecule has 0 aromatic rings. The molecule has 0 saturated carbocycles. The molecule has 0 spiro atoms. The fourth-order valence-corrected chi connectivity index (χ4v) is 5.42. The van der Waals surface area contributed by atoms with Gasteiger partial charge >= 0.3 is 11.9 Å². The minimum atomic E-state index is -1.13. The van der Waals surface area contributed by atoms with Crippen LogP contribution in [0.2, 0.25) is 0 Å². The van der Waals surface area contributed by atoms with E-state index >= 15 is 0 Å². The van der Waals surface area contributed by atoms with Gasteiger partial charge in [0.05, 0.1) is 40.3 Å². The average Bonchev–Trinajstić information content (AvgIpc) is 3.05. The first-order valence-electron chi connectivity index (χ1n) is 19.5. The number of carbonyl (C=O) groups excluding carboxylic acids is 3. The lowest BCUT2D eigenvalue weighted by atomic mass is 10.1. The molecule has 2 atom stereocenters. The molecule has 0 aromatic carbocycles. The van der Waals surface area contributed by atoms with E-state index in [2.05, 4.69) is 50.3 Å². The largest absolute Gasteiger partial charge is 0.544 e. The van der Waals surface area contributed by atoms with Gasteiger partial charge < -0.3 is 28.6 Å². The third kappa shape index (κ3) is 31.3. The Bertz CT molecular complexity index is 906. The topological polar surface area (TPSA) is 102 Å². The van der Waals surface area contributed by atoms with E-state index < -0.39 is 18.1 Å². The molecule has 2 unspecified atom stereocenters. The molecular weight excluding hydrogens is 618 g/mol. The van der Waals surface area contributed by atoms with Crippen LogP contribution in [0.15, 0.2) is 36.5 Å². The Hall–Kier alpha value is -2.45. The third-order valence-electron chi connectivity index (χ3n) is 8.53. The van der Waals surface area contributed by atoms with Crippen molar-refractivity contribution in [1.82, 2.24) is 0 Å². The van der Waals surface area contributed by atoms with E-state index in [1.807, 2.05) is 0 Å². The van der Waals surface area contributed by atoms with E-state index in [-0.39, 0.29) is 49.1 Å². The van der Waals surface area contributed by atoms with E-state index in [1.165, 1.54) is 70.6 Å². The number of hydrogen-bond acceptors (Lipinski definition) is 7. The molecule has 0 aromatic heterocycles. The molecule has 0 fully saturated rings. The fourth-order valence-electron chi connectivity index (χ4n) is 5.42. The highest BCUT2D eigenvalue weighted by Crippen LogP contribution is 2.11. The quantitative estimate of drug-likeness (QED) is 0.0219. The van der Waals surface area contributed by atoms with Crippen molar-refractivity contribution in [3.05, 3.63) is 36.5 Å². The molecule has 0 heterocycles. The van der Waals surface area contributed by atoms with Crippen LogP contribution < -0.4 is 5.11 Å². The maximum atomic E-state index is 12.6. The summed E-state index contributed by atoms with van der Waals surface area (Å²) in [5.41, 5.74) is 0. The van der Waals surface area contributed by atoms with Gasteiger partial charge in [0.15, 0.2) is 6.10 Å². The van der Waals surface area contributed by atoms with Crippen LogP contribution in [0.1, 0.15) is 155 Å². The number of ether oxygens (including phenoxy) is 3. The SMILES string of the molecule is CCCCCC/C=C/CCCC(=O)OC(COCCC(C(=O)[O-])[N+](C)(C)C)COC(=O)CCCCC/C=C/C=C/CCCCCCCCC. The minimum Gasteiger partial charge on any atom is -0.544 e. The number of carbonyl (C=O) groups is 3. The average molecular weight is 692 g/mol. The zero-order chi connectivity index (χ0) is 36.4. The first kappa shape index (κ1) is 46.5. The number of carboxylic acid groups (broad SMARTS) is 1. The first-order chi connectivity index (χ1) is 23.6. The molecule has 0 aliphatic rings. The van der Waals surface area contributed by atoms with Crippen LogP contribution in [-0.2, 0) is 28.6 Å². The maximum absolute atomic E-state index is 12.6. The number of carboxylic acids is 1.